The number of nitrogens with one attached hydrogen (secondary N) is 2. The molecule has 0 saturated heterocycles. The molecule has 0 spiro atoms. The second kappa shape index (κ2) is 8.82. The Morgan fingerprint density at radius 3 is 2.75 bits per heavy atom. The summed E-state index contributed by atoms with van der Waals surface area (Å²) in [4.78, 5) is 22.5. The second-order valence-electron chi connectivity index (χ2n) is 5.45. The fourth-order valence-corrected chi connectivity index (χ4v) is 2.31. The van der Waals surface area contributed by atoms with E-state index in [9.17, 15) is 4.79 Å². The van der Waals surface area contributed by atoms with Crippen molar-refractivity contribution in [3.63, 3.8) is 0 Å². The predicted octanol–water partition coefficient (Wildman–Crippen LogP) is 3.40. The summed E-state index contributed by atoms with van der Waals surface area (Å²) in [5.41, 5.74) is 0.685. The highest BCUT2D eigenvalue weighted by molar-refractivity contribution is 6.35. The number of anilines is 2. The fourth-order valence-electron chi connectivity index (χ4n) is 1.97. The van der Waals surface area contributed by atoms with Gasteiger partial charge in [0.2, 0.25) is 0 Å². The van der Waals surface area contributed by atoms with Crippen molar-refractivity contribution in [2.45, 2.75) is 6.42 Å². The average molecular weight is 368 g/mol. The molecule has 1 heterocycles. The molecule has 0 saturated carbocycles. The Balaban J connectivity index is 1.99. The van der Waals surface area contributed by atoms with Crippen LogP contribution in [0.1, 0.15) is 16.9 Å². The maximum atomic E-state index is 12.3. The molecule has 0 atom stereocenters. The van der Waals surface area contributed by atoms with Crippen LogP contribution in [0.25, 0.3) is 0 Å². The first-order valence-electron chi connectivity index (χ1n) is 7.43. The normalized spacial score (nSPS) is 10.7. The van der Waals surface area contributed by atoms with Crippen molar-refractivity contribution in [1.82, 2.24) is 14.9 Å². The molecule has 0 fully saturated rings. The van der Waals surface area contributed by atoms with Crippen molar-refractivity contribution < 1.29 is 4.79 Å². The van der Waals surface area contributed by atoms with Crippen LogP contribution in [0.4, 0.5) is 11.5 Å². The van der Waals surface area contributed by atoms with Gasteiger partial charge in [-0.2, -0.15) is 0 Å². The van der Waals surface area contributed by atoms with E-state index in [2.05, 4.69) is 25.5 Å². The molecule has 0 bridgehead atoms. The lowest BCUT2D eigenvalue weighted by Crippen LogP contribution is -2.17. The van der Waals surface area contributed by atoms with Crippen molar-refractivity contribution in [3.05, 3.63) is 46.3 Å². The molecule has 2 N–H and O–H groups in total. The summed E-state index contributed by atoms with van der Waals surface area (Å²) in [6, 6.07) is 6.46. The predicted molar refractivity (Wildman–Crippen MR) is 98.1 cm³/mol. The summed E-state index contributed by atoms with van der Waals surface area (Å²) in [6.07, 6.45) is 2.32. The van der Waals surface area contributed by atoms with Gasteiger partial charge in [0.1, 0.15) is 17.8 Å². The van der Waals surface area contributed by atoms with Crippen molar-refractivity contribution >= 4 is 40.6 Å². The lowest BCUT2D eigenvalue weighted by Gasteiger charge is -2.11. The molecule has 24 heavy (non-hydrogen) atoms. The maximum absolute atomic E-state index is 12.3. The largest absolute Gasteiger partial charge is 0.370 e. The topological polar surface area (TPSA) is 70.2 Å². The zero-order valence-electron chi connectivity index (χ0n) is 13.5. The SMILES string of the molecule is CN(C)CCCNc1cc(C(=O)Nc2cc(Cl)ccc2Cl)ncn1. The van der Waals surface area contributed by atoms with E-state index in [0.717, 1.165) is 19.5 Å². The van der Waals surface area contributed by atoms with Crippen LogP contribution in [0, 0.1) is 0 Å². The second-order valence-corrected chi connectivity index (χ2v) is 6.29. The van der Waals surface area contributed by atoms with Gasteiger partial charge in [0.05, 0.1) is 10.7 Å². The van der Waals surface area contributed by atoms with Gasteiger partial charge in [-0.3, -0.25) is 4.79 Å². The highest BCUT2D eigenvalue weighted by Crippen LogP contribution is 2.25. The van der Waals surface area contributed by atoms with Gasteiger partial charge in [-0.15, -0.1) is 0 Å². The highest BCUT2D eigenvalue weighted by Gasteiger charge is 2.11. The number of carbonyl (C=O) groups excluding carboxylic acids is 1. The minimum absolute atomic E-state index is 0.246. The Labute approximate surface area is 151 Å². The lowest BCUT2D eigenvalue weighted by molar-refractivity contribution is 0.102. The Morgan fingerprint density at radius 2 is 2.00 bits per heavy atom. The third-order valence-electron chi connectivity index (χ3n) is 3.16. The van der Waals surface area contributed by atoms with Crippen LogP contribution in [0.15, 0.2) is 30.6 Å². The minimum atomic E-state index is -0.377. The number of carbonyl (C=O) groups is 1. The summed E-state index contributed by atoms with van der Waals surface area (Å²) < 4.78 is 0. The number of nitrogens with zero attached hydrogens (tertiary/aromatic N) is 3. The van der Waals surface area contributed by atoms with E-state index in [1.807, 2.05) is 14.1 Å². The first-order valence-corrected chi connectivity index (χ1v) is 8.18. The molecule has 1 aromatic heterocycles. The van der Waals surface area contributed by atoms with E-state index in [1.54, 1.807) is 24.3 Å². The van der Waals surface area contributed by atoms with Gasteiger partial charge in [0.15, 0.2) is 0 Å². The average Bonchev–Trinajstić information content (AvgIpc) is 2.55. The van der Waals surface area contributed by atoms with Gasteiger partial charge in [-0.25, -0.2) is 9.97 Å². The van der Waals surface area contributed by atoms with Crippen molar-refractivity contribution in [3.8, 4) is 0 Å². The molecule has 0 aliphatic carbocycles. The van der Waals surface area contributed by atoms with E-state index in [0.29, 0.717) is 21.6 Å². The van der Waals surface area contributed by atoms with Gasteiger partial charge >= 0.3 is 0 Å². The number of rotatable bonds is 7. The molecule has 0 aliphatic heterocycles. The van der Waals surface area contributed by atoms with Crippen LogP contribution >= 0.6 is 23.2 Å². The van der Waals surface area contributed by atoms with Crippen LogP contribution < -0.4 is 10.6 Å². The Hall–Kier alpha value is -1.89. The molecule has 1 aromatic carbocycles. The molecule has 2 aromatic rings. The molecule has 0 radical (unpaired) electrons. The molecule has 128 valence electrons. The molecule has 0 aliphatic rings. The number of hydrogen-bond donors (Lipinski definition) is 2. The van der Waals surface area contributed by atoms with Crippen LogP contribution in [-0.4, -0.2) is 48.0 Å². The minimum Gasteiger partial charge on any atom is -0.370 e. The number of halogens is 2. The van der Waals surface area contributed by atoms with Gasteiger partial charge in [0, 0.05) is 17.6 Å². The van der Waals surface area contributed by atoms with Crippen molar-refractivity contribution in [1.29, 1.82) is 0 Å². The van der Waals surface area contributed by atoms with E-state index < -0.39 is 0 Å². The summed E-state index contributed by atoms with van der Waals surface area (Å²) in [5.74, 6) is 0.226. The summed E-state index contributed by atoms with van der Waals surface area (Å²) in [7, 11) is 4.04. The highest BCUT2D eigenvalue weighted by atomic mass is 35.5. The zero-order chi connectivity index (χ0) is 17.5. The van der Waals surface area contributed by atoms with Gasteiger partial charge < -0.3 is 15.5 Å². The van der Waals surface area contributed by atoms with Crippen molar-refractivity contribution in [2.75, 3.05) is 37.8 Å². The monoisotopic (exact) mass is 367 g/mol. The first-order chi connectivity index (χ1) is 11.5. The molecule has 0 unspecified atom stereocenters. The van der Waals surface area contributed by atoms with Crippen LogP contribution in [0.3, 0.4) is 0 Å². The molecule has 2 rings (SSSR count). The van der Waals surface area contributed by atoms with Gasteiger partial charge in [-0.05, 0) is 45.3 Å². The van der Waals surface area contributed by atoms with E-state index in [-0.39, 0.29) is 11.6 Å². The van der Waals surface area contributed by atoms with Gasteiger partial charge in [0.25, 0.3) is 5.91 Å². The number of amides is 1. The van der Waals surface area contributed by atoms with Crippen LogP contribution in [-0.2, 0) is 0 Å². The lowest BCUT2D eigenvalue weighted by atomic mass is 10.3. The summed E-state index contributed by atoms with van der Waals surface area (Å²) >= 11 is 12.0. The molecule has 6 nitrogen and oxygen atoms in total. The third-order valence-corrected chi connectivity index (χ3v) is 3.73. The summed E-state index contributed by atoms with van der Waals surface area (Å²) in [5, 5.41) is 6.76. The molecular formula is C16H19Cl2N5O. The Bertz CT molecular complexity index is 709. The van der Waals surface area contributed by atoms with Crippen molar-refractivity contribution in [2.24, 2.45) is 0 Å². The quantitative estimate of drug-likeness (QED) is 0.733. The maximum Gasteiger partial charge on any atom is 0.274 e. The number of benzene rings is 1. The number of aromatic nitrogens is 2. The molecule has 8 heteroatoms. The summed E-state index contributed by atoms with van der Waals surface area (Å²) in [6.45, 7) is 1.73. The van der Waals surface area contributed by atoms with E-state index in [1.165, 1.54) is 6.33 Å². The zero-order valence-corrected chi connectivity index (χ0v) is 15.0. The van der Waals surface area contributed by atoms with E-state index >= 15 is 0 Å². The Kier molecular flexibility index (Phi) is 6.78. The van der Waals surface area contributed by atoms with Crippen LogP contribution in [0.2, 0.25) is 10.0 Å². The molecule has 1 amide bonds. The first kappa shape index (κ1) is 18.4. The molecular weight excluding hydrogens is 349 g/mol. The van der Waals surface area contributed by atoms with Crippen LogP contribution in [0.5, 0.6) is 0 Å². The Morgan fingerprint density at radius 1 is 1.21 bits per heavy atom. The van der Waals surface area contributed by atoms with E-state index in [4.69, 9.17) is 23.2 Å². The number of hydrogen-bond acceptors (Lipinski definition) is 5. The fraction of sp³-hybridized carbons (Fsp3) is 0.312. The van der Waals surface area contributed by atoms with Gasteiger partial charge in [-0.1, -0.05) is 23.2 Å². The smallest absolute Gasteiger partial charge is 0.274 e. The standard InChI is InChI=1S/C16H19Cl2N5O/c1-23(2)7-3-6-19-15-9-14(20-10-21-15)16(24)22-13-8-11(17)4-5-12(13)18/h4-5,8-10H,3,6-7H2,1-2H3,(H,22,24)(H,19,20,21). The third kappa shape index (κ3) is 5.63.